The second-order valence-corrected chi connectivity index (χ2v) is 5.66. The van der Waals surface area contributed by atoms with Gasteiger partial charge in [0.25, 0.3) is 0 Å². The summed E-state index contributed by atoms with van der Waals surface area (Å²) in [6.45, 7) is 5.48. The molecule has 2 aromatic rings. The summed E-state index contributed by atoms with van der Waals surface area (Å²) in [4.78, 5) is 11.9. The third-order valence-electron chi connectivity index (χ3n) is 2.10. The molecule has 0 aliphatic rings. The summed E-state index contributed by atoms with van der Waals surface area (Å²) in [5.41, 5.74) is 0.204. The lowest BCUT2D eigenvalue weighted by molar-refractivity contribution is 0.0523. The Labute approximate surface area is 108 Å². The first-order valence-electron chi connectivity index (χ1n) is 5.23. The van der Waals surface area contributed by atoms with E-state index in [0.717, 1.165) is 15.4 Å². The van der Waals surface area contributed by atoms with Crippen molar-refractivity contribution in [2.45, 2.75) is 26.4 Å². The third-order valence-corrected chi connectivity index (χ3v) is 2.59. The smallest absolute Gasteiger partial charge is 0.435 e. The van der Waals surface area contributed by atoms with Crippen LogP contribution in [-0.2, 0) is 4.74 Å². The van der Waals surface area contributed by atoms with Gasteiger partial charge in [-0.1, -0.05) is 22.0 Å². The van der Waals surface area contributed by atoms with Gasteiger partial charge < -0.3 is 4.74 Å². The van der Waals surface area contributed by atoms with Crippen LogP contribution in [0.5, 0.6) is 0 Å². The number of halogens is 1. The topological polar surface area (TPSA) is 44.1 Å². The monoisotopic (exact) mass is 296 g/mol. The quantitative estimate of drug-likeness (QED) is 0.746. The summed E-state index contributed by atoms with van der Waals surface area (Å²) in [6, 6.07) is 5.64. The van der Waals surface area contributed by atoms with Crippen LogP contribution in [0.2, 0.25) is 0 Å². The minimum Gasteiger partial charge on any atom is -0.442 e. The van der Waals surface area contributed by atoms with Crippen molar-refractivity contribution >= 4 is 32.9 Å². The number of benzene rings is 1. The molecule has 0 saturated heterocycles. The first-order valence-corrected chi connectivity index (χ1v) is 6.03. The molecule has 0 amide bonds. The number of carbonyl (C=O) groups excluding carboxylic acids is 1. The van der Waals surface area contributed by atoms with Crippen molar-refractivity contribution in [1.82, 2.24) is 9.78 Å². The van der Waals surface area contributed by atoms with E-state index in [4.69, 9.17) is 4.74 Å². The lowest BCUT2D eigenvalue weighted by Gasteiger charge is -2.19. The highest BCUT2D eigenvalue weighted by Gasteiger charge is 2.19. The molecule has 0 bridgehead atoms. The number of hydrogen-bond donors (Lipinski definition) is 0. The van der Waals surface area contributed by atoms with Gasteiger partial charge in [0, 0.05) is 9.86 Å². The Morgan fingerprint density at radius 2 is 2.12 bits per heavy atom. The molecule has 0 saturated carbocycles. The van der Waals surface area contributed by atoms with Crippen LogP contribution in [0.3, 0.4) is 0 Å². The molecule has 0 radical (unpaired) electrons. The van der Waals surface area contributed by atoms with E-state index < -0.39 is 11.7 Å². The summed E-state index contributed by atoms with van der Waals surface area (Å²) < 4.78 is 7.44. The highest BCUT2D eigenvalue weighted by Crippen LogP contribution is 2.20. The fourth-order valence-electron chi connectivity index (χ4n) is 1.44. The zero-order valence-corrected chi connectivity index (χ0v) is 11.5. The molecule has 0 unspecified atom stereocenters. The summed E-state index contributed by atoms with van der Waals surface area (Å²) in [5, 5.41) is 4.94. The predicted octanol–water partition coefficient (Wildman–Crippen LogP) is 3.58. The summed E-state index contributed by atoms with van der Waals surface area (Å²) in [5.74, 6) is 0. The van der Waals surface area contributed by atoms with E-state index in [1.165, 1.54) is 4.68 Å². The molecule has 1 aromatic carbocycles. The first kappa shape index (κ1) is 12.1. The maximum Gasteiger partial charge on any atom is 0.435 e. The van der Waals surface area contributed by atoms with Crippen molar-refractivity contribution < 1.29 is 9.53 Å². The van der Waals surface area contributed by atoms with E-state index in [1.807, 2.05) is 39.0 Å². The lowest BCUT2D eigenvalue weighted by Crippen LogP contribution is -2.27. The Kier molecular flexibility index (Phi) is 2.95. The Bertz CT molecular complexity index is 569. The maximum absolute atomic E-state index is 11.9. The fraction of sp³-hybridized carbons (Fsp3) is 0.333. The molecule has 0 aliphatic heterocycles. The van der Waals surface area contributed by atoms with Crippen LogP contribution in [0.1, 0.15) is 20.8 Å². The number of carbonyl (C=O) groups is 1. The molecule has 1 aromatic heterocycles. The average Bonchev–Trinajstić information content (AvgIpc) is 2.57. The van der Waals surface area contributed by atoms with E-state index >= 15 is 0 Å². The van der Waals surface area contributed by atoms with Crippen LogP contribution in [0.15, 0.2) is 28.9 Å². The molecular formula is C12H13BrN2O2. The molecule has 0 aliphatic carbocycles. The summed E-state index contributed by atoms with van der Waals surface area (Å²) in [6.07, 6.45) is 1.18. The van der Waals surface area contributed by atoms with Crippen LogP contribution in [0.25, 0.3) is 10.9 Å². The van der Waals surface area contributed by atoms with Crippen LogP contribution >= 0.6 is 15.9 Å². The van der Waals surface area contributed by atoms with Gasteiger partial charge in [-0.15, -0.1) is 0 Å². The minimum atomic E-state index is -0.526. The van der Waals surface area contributed by atoms with Crippen molar-refractivity contribution in [3.05, 3.63) is 28.9 Å². The molecular weight excluding hydrogens is 284 g/mol. The van der Waals surface area contributed by atoms with E-state index in [9.17, 15) is 4.79 Å². The largest absolute Gasteiger partial charge is 0.442 e. The maximum atomic E-state index is 11.9. The Morgan fingerprint density at radius 1 is 1.41 bits per heavy atom. The number of hydrogen-bond acceptors (Lipinski definition) is 3. The predicted molar refractivity (Wildman–Crippen MR) is 69.1 cm³/mol. The minimum absolute atomic E-state index is 0.467. The van der Waals surface area contributed by atoms with Crippen molar-refractivity contribution in [3.8, 4) is 0 Å². The van der Waals surface area contributed by atoms with Crippen molar-refractivity contribution in [2.24, 2.45) is 0 Å². The molecule has 0 fully saturated rings. The number of rotatable bonds is 0. The van der Waals surface area contributed by atoms with E-state index in [0.29, 0.717) is 0 Å². The van der Waals surface area contributed by atoms with E-state index in [2.05, 4.69) is 21.0 Å². The molecule has 0 spiro atoms. The lowest BCUT2D eigenvalue weighted by atomic mass is 10.2. The second-order valence-electron chi connectivity index (χ2n) is 4.74. The molecule has 90 valence electrons. The molecule has 1 heterocycles. The standard InChI is InChI=1S/C12H13BrN2O2/c1-12(2,3)17-11(16)15-10-6-9(13)5-4-8(10)7-14-15/h4-7H,1-3H3. The number of ether oxygens (including phenoxy) is 1. The number of nitrogens with zero attached hydrogens (tertiary/aromatic N) is 2. The van der Waals surface area contributed by atoms with Gasteiger partial charge in [0.2, 0.25) is 0 Å². The van der Waals surface area contributed by atoms with Crippen LogP contribution < -0.4 is 0 Å². The zero-order valence-electron chi connectivity index (χ0n) is 9.90. The van der Waals surface area contributed by atoms with Gasteiger partial charge in [-0.2, -0.15) is 9.78 Å². The van der Waals surface area contributed by atoms with Gasteiger partial charge in [-0.05, 0) is 32.9 Å². The highest BCUT2D eigenvalue weighted by molar-refractivity contribution is 9.10. The first-order chi connectivity index (χ1) is 7.87. The van der Waals surface area contributed by atoms with Crippen LogP contribution in [-0.4, -0.2) is 21.5 Å². The second kappa shape index (κ2) is 4.14. The van der Waals surface area contributed by atoms with E-state index in [1.54, 1.807) is 6.20 Å². The van der Waals surface area contributed by atoms with Crippen LogP contribution in [0, 0.1) is 0 Å². The summed E-state index contributed by atoms with van der Waals surface area (Å²) >= 11 is 3.37. The molecule has 0 N–H and O–H groups in total. The van der Waals surface area contributed by atoms with Crippen molar-refractivity contribution in [3.63, 3.8) is 0 Å². The molecule has 5 heteroatoms. The fourth-order valence-corrected chi connectivity index (χ4v) is 1.79. The molecule has 4 nitrogen and oxygen atoms in total. The molecule has 17 heavy (non-hydrogen) atoms. The van der Waals surface area contributed by atoms with Gasteiger partial charge in [-0.25, -0.2) is 4.79 Å². The number of fused-ring (bicyclic) bond motifs is 1. The van der Waals surface area contributed by atoms with Gasteiger partial charge in [0.1, 0.15) is 5.60 Å². The van der Waals surface area contributed by atoms with Gasteiger partial charge in [0.05, 0.1) is 11.7 Å². The molecule has 2 rings (SSSR count). The van der Waals surface area contributed by atoms with Crippen molar-refractivity contribution in [1.29, 1.82) is 0 Å². The van der Waals surface area contributed by atoms with Crippen LogP contribution in [0.4, 0.5) is 4.79 Å². The van der Waals surface area contributed by atoms with Gasteiger partial charge in [0.15, 0.2) is 0 Å². The van der Waals surface area contributed by atoms with Gasteiger partial charge >= 0.3 is 6.09 Å². The normalized spacial score (nSPS) is 11.8. The third kappa shape index (κ3) is 2.66. The molecule has 0 atom stereocenters. The zero-order chi connectivity index (χ0) is 12.6. The summed E-state index contributed by atoms with van der Waals surface area (Å²) in [7, 11) is 0. The Balaban J connectivity index is 2.42. The SMILES string of the molecule is CC(C)(C)OC(=O)n1ncc2ccc(Br)cc21. The Morgan fingerprint density at radius 3 is 2.76 bits per heavy atom. The average molecular weight is 297 g/mol. The van der Waals surface area contributed by atoms with E-state index in [-0.39, 0.29) is 0 Å². The van der Waals surface area contributed by atoms with Gasteiger partial charge in [-0.3, -0.25) is 0 Å². The van der Waals surface area contributed by atoms with Crippen molar-refractivity contribution in [2.75, 3.05) is 0 Å². The highest BCUT2D eigenvalue weighted by atomic mass is 79.9. The number of aromatic nitrogens is 2. The Hall–Kier alpha value is -1.36.